The molecule has 1 atom stereocenters. The summed E-state index contributed by atoms with van der Waals surface area (Å²) in [5.74, 6) is 0.684. The number of benzene rings is 2. The fraction of sp³-hybridized carbons (Fsp3) is 0.280. The van der Waals surface area contributed by atoms with Crippen molar-refractivity contribution in [3.05, 3.63) is 70.1 Å². The number of sulfonamides is 1. The molecule has 5 rings (SSSR count). The van der Waals surface area contributed by atoms with Crippen LogP contribution in [0.5, 0.6) is 5.75 Å². The molecule has 9 nitrogen and oxygen atoms in total. The van der Waals surface area contributed by atoms with Crippen molar-refractivity contribution < 1.29 is 17.9 Å². The van der Waals surface area contributed by atoms with Crippen LogP contribution in [0, 0.1) is 0 Å². The van der Waals surface area contributed by atoms with Gasteiger partial charge in [-0.1, -0.05) is 41.9 Å². The first kappa shape index (κ1) is 25.5. The van der Waals surface area contributed by atoms with Crippen LogP contribution in [0.15, 0.2) is 58.8 Å². The predicted molar refractivity (Wildman–Crippen MR) is 145 cm³/mol. The van der Waals surface area contributed by atoms with E-state index in [1.54, 1.807) is 10.7 Å². The van der Waals surface area contributed by atoms with Gasteiger partial charge in [0.1, 0.15) is 9.96 Å². The number of amides is 1. The molecule has 1 saturated heterocycles. The number of carbonyl (C=O) groups is 1. The lowest BCUT2D eigenvalue weighted by Gasteiger charge is -2.12. The molecule has 3 N–H and O–H groups in total. The number of nitrogens with zero attached hydrogens (tertiary/aromatic N) is 2. The van der Waals surface area contributed by atoms with Crippen molar-refractivity contribution in [2.24, 2.45) is 0 Å². The van der Waals surface area contributed by atoms with Crippen molar-refractivity contribution in [3.63, 3.8) is 0 Å². The molecule has 1 fully saturated rings. The van der Waals surface area contributed by atoms with Gasteiger partial charge >= 0.3 is 0 Å². The first-order valence-corrected chi connectivity index (χ1v) is 14.4. The zero-order valence-electron chi connectivity index (χ0n) is 20.0. The summed E-state index contributed by atoms with van der Waals surface area (Å²) in [5, 5.41) is 11.4. The van der Waals surface area contributed by atoms with Crippen LogP contribution in [-0.4, -0.2) is 43.8 Å². The maximum atomic E-state index is 13.0. The van der Waals surface area contributed by atoms with Gasteiger partial charge in [-0.05, 0) is 54.8 Å². The molecule has 4 aromatic rings. The van der Waals surface area contributed by atoms with Crippen molar-refractivity contribution in [3.8, 4) is 5.75 Å². The average molecular weight is 560 g/mol. The number of fused-ring (bicyclic) bond motifs is 1. The standard InChI is InChI=1S/C25H26ClN5O4S2/c1-35-20-9-3-8-19-23(20)24(30-37(33,34)22-11-10-21(26)36-22)29-31(19)15-17-6-2-5-16(13-17)14-28-25(32)18-7-4-12-27-18/h2-3,5-6,8-11,13,18,27H,4,7,12,14-15H2,1H3,(H,28,32)(H,29,30)/t18-/m0/s1. The van der Waals surface area contributed by atoms with Crippen molar-refractivity contribution in [2.75, 3.05) is 18.4 Å². The minimum Gasteiger partial charge on any atom is -0.496 e. The Kier molecular flexibility index (Phi) is 7.38. The zero-order valence-corrected chi connectivity index (χ0v) is 22.4. The monoisotopic (exact) mass is 559 g/mol. The van der Waals surface area contributed by atoms with Gasteiger partial charge in [-0.15, -0.1) is 11.3 Å². The summed E-state index contributed by atoms with van der Waals surface area (Å²) in [6.07, 6.45) is 1.86. The van der Waals surface area contributed by atoms with E-state index in [0.717, 1.165) is 41.9 Å². The summed E-state index contributed by atoms with van der Waals surface area (Å²) in [6.45, 7) is 1.69. The van der Waals surface area contributed by atoms with Crippen LogP contribution >= 0.6 is 22.9 Å². The maximum absolute atomic E-state index is 13.0. The van der Waals surface area contributed by atoms with Crippen LogP contribution in [0.25, 0.3) is 10.9 Å². The Bertz CT molecular complexity index is 1540. The summed E-state index contributed by atoms with van der Waals surface area (Å²) in [7, 11) is -2.36. The van der Waals surface area contributed by atoms with E-state index in [-0.39, 0.29) is 22.0 Å². The Hall–Kier alpha value is -3.12. The van der Waals surface area contributed by atoms with Crippen molar-refractivity contribution in [1.29, 1.82) is 0 Å². The minimum absolute atomic E-state index is 0.0111. The highest BCUT2D eigenvalue weighted by atomic mass is 35.5. The number of ether oxygens (including phenoxy) is 1. The molecule has 12 heteroatoms. The number of carbonyl (C=O) groups excluding carboxylic acids is 1. The van der Waals surface area contributed by atoms with E-state index in [9.17, 15) is 13.2 Å². The van der Waals surface area contributed by atoms with Crippen LogP contribution < -0.4 is 20.1 Å². The van der Waals surface area contributed by atoms with Crippen LogP contribution in [0.2, 0.25) is 4.34 Å². The van der Waals surface area contributed by atoms with E-state index in [2.05, 4.69) is 20.5 Å². The second-order valence-corrected chi connectivity index (χ2v) is 12.3. The normalized spacial score (nSPS) is 15.7. The fourth-order valence-electron chi connectivity index (χ4n) is 4.41. The molecule has 1 aliphatic heterocycles. The molecule has 1 aliphatic rings. The molecule has 0 saturated carbocycles. The summed E-state index contributed by atoms with van der Waals surface area (Å²) in [5.41, 5.74) is 2.64. The third-order valence-corrected chi connectivity index (χ3v) is 9.23. The molecule has 37 heavy (non-hydrogen) atoms. The molecule has 0 spiro atoms. The van der Waals surface area contributed by atoms with Gasteiger partial charge in [0.15, 0.2) is 5.82 Å². The summed E-state index contributed by atoms with van der Waals surface area (Å²) in [4.78, 5) is 12.4. The highest BCUT2D eigenvalue weighted by Gasteiger charge is 2.23. The van der Waals surface area contributed by atoms with Crippen molar-refractivity contribution in [1.82, 2.24) is 20.4 Å². The smallest absolute Gasteiger partial charge is 0.272 e. The summed E-state index contributed by atoms with van der Waals surface area (Å²) in [6, 6.07) is 16.2. The SMILES string of the molecule is COc1cccc2c1c(NS(=O)(=O)c1ccc(Cl)s1)nn2Cc1cccc(CNC(=O)[C@@H]2CCCN2)c1. The molecule has 0 unspecified atom stereocenters. The van der Waals surface area contributed by atoms with E-state index in [0.29, 0.717) is 34.1 Å². The Morgan fingerprint density at radius 3 is 2.76 bits per heavy atom. The highest BCUT2D eigenvalue weighted by molar-refractivity contribution is 7.94. The zero-order chi connectivity index (χ0) is 26.0. The number of halogens is 1. The van der Waals surface area contributed by atoms with Crippen LogP contribution in [0.3, 0.4) is 0 Å². The van der Waals surface area contributed by atoms with Gasteiger partial charge in [0.05, 0.1) is 34.9 Å². The number of methoxy groups -OCH3 is 1. The Labute approximate surface area is 223 Å². The number of hydrogen-bond acceptors (Lipinski definition) is 7. The Balaban J connectivity index is 1.41. The summed E-state index contributed by atoms with van der Waals surface area (Å²) >= 11 is 6.92. The topological polar surface area (TPSA) is 114 Å². The van der Waals surface area contributed by atoms with Gasteiger partial charge in [0.25, 0.3) is 10.0 Å². The fourth-order valence-corrected chi connectivity index (χ4v) is 6.90. The second kappa shape index (κ2) is 10.7. The van der Waals surface area contributed by atoms with E-state index in [1.165, 1.54) is 19.2 Å². The molecule has 2 aromatic carbocycles. The lowest BCUT2D eigenvalue weighted by atomic mass is 10.1. The summed E-state index contributed by atoms with van der Waals surface area (Å²) < 4.78 is 36.3. The second-order valence-electron chi connectivity index (χ2n) is 8.71. The van der Waals surface area contributed by atoms with Crippen LogP contribution in [0.4, 0.5) is 5.82 Å². The maximum Gasteiger partial charge on any atom is 0.272 e. The number of aromatic nitrogens is 2. The van der Waals surface area contributed by atoms with Crippen molar-refractivity contribution >= 4 is 55.6 Å². The van der Waals surface area contributed by atoms with Gasteiger partial charge in [-0.3, -0.25) is 14.2 Å². The predicted octanol–water partition coefficient (Wildman–Crippen LogP) is 3.98. The Morgan fingerprint density at radius 1 is 1.22 bits per heavy atom. The molecule has 194 valence electrons. The van der Waals surface area contributed by atoms with E-state index < -0.39 is 10.0 Å². The third-order valence-electron chi connectivity index (χ3n) is 6.17. The number of nitrogens with one attached hydrogen (secondary N) is 3. The molecule has 0 bridgehead atoms. The average Bonchev–Trinajstić information content (AvgIpc) is 3.64. The first-order valence-electron chi connectivity index (χ1n) is 11.7. The first-order chi connectivity index (χ1) is 17.8. The van der Waals surface area contributed by atoms with E-state index >= 15 is 0 Å². The van der Waals surface area contributed by atoms with Gasteiger partial charge < -0.3 is 15.4 Å². The van der Waals surface area contributed by atoms with Crippen LogP contribution in [0.1, 0.15) is 24.0 Å². The number of hydrogen-bond donors (Lipinski definition) is 3. The van der Waals surface area contributed by atoms with Crippen LogP contribution in [-0.2, 0) is 27.9 Å². The largest absolute Gasteiger partial charge is 0.496 e. The molecule has 3 heterocycles. The van der Waals surface area contributed by atoms with Gasteiger partial charge in [0, 0.05) is 6.54 Å². The number of rotatable bonds is 9. The minimum atomic E-state index is -3.89. The van der Waals surface area contributed by atoms with Crippen molar-refractivity contribution in [2.45, 2.75) is 36.2 Å². The van der Waals surface area contributed by atoms with Gasteiger partial charge in [0.2, 0.25) is 5.91 Å². The molecule has 0 aliphatic carbocycles. The lowest BCUT2D eigenvalue weighted by Crippen LogP contribution is -2.40. The van der Waals surface area contributed by atoms with E-state index in [1.807, 2.05) is 36.4 Å². The lowest BCUT2D eigenvalue weighted by molar-refractivity contribution is -0.122. The molecular weight excluding hydrogens is 534 g/mol. The Morgan fingerprint density at radius 2 is 2.03 bits per heavy atom. The molecule has 0 radical (unpaired) electrons. The number of thiophene rings is 1. The number of anilines is 1. The van der Waals surface area contributed by atoms with E-state index in [4.69, 9.17) is 16.3 Å². The van der Waals surface area contributed by atoms with Gasteiger partial charge in [-0.25, -0.2) is 8.42 Å². The highest BCUT2D eigenvalue weighted by Crippen LogP contribution is 2.35. The molecular formula is C25H26ClN5O4S2. The molecule has 1 amide bonds. The quantitative estimate of drug-likeness (QED) is 0.286. The third kappa shape index (κ3) is 5.59. The molecule has 2 aromatic heterocycles. The van der Waals surface area contributed by atoms with Gasteiger partial charge in [-0.2, -0.15) is 5.10 Å².